The average Bonchev–Trinajstić information content (AvgIpc) is 3.48. The molecule has 4 heterocycles. The highest BCUT2D eigenvalue weighted by Crippen LogP contribution is 2.30. The number of urea groups is 1. The van der Waals surface area contributed by atoms with Gasteiger partial charge in [0.1, 0.15) is 11.6 Å². The van der Waals surface area contributed by atoms with Crippen LogP contribution in [0.25, 0.3) is 5.82 Å². The molecule has 0 aliphatic carbocycles. The lowest BCUT2D eigenvalue weighted by Crippen LogP contribution is -2.52. The molecule has 2 aliphatic rings. The second-order valence-corrected chi connectivity index (χ2v) is 7.83. The van der Waals surface area contributed by atoms with Gasteiger partial charge in [0.2, 0.25) is 5.95 Å². The molecule has 0 N–H and O–H groups in total. The summed E-state index contributed by atoms with van der Waals surface area (Å²) < 4.78 is 42.8. The smallest absolute Gasteiger partial charge is 0.337 e. The topological polar surface area (TPSA) is 109 Å². The normalized spacial score (nSPS) is 18.1. The van der Waals surface area contributed by atoms with E-state index < -0.39 is 23.5 Å². The Morgan fingerprint density at radius 1 is 1.06 bits per heavy atom. The van der Waals surface area contributed by atoms with Crippen LogP contribution < -0.4 is 4.90 Å². The van der Waals surface area contributed by atoms with Gasteiger partial charge in [-0.2, -0.15) is 14.8 Å². The summed E-state index contributed by atoms with van der Waals surface area (Å²) in [6, 6.07) is 2.24. The molecule has 2 amide bonds. The average molecular weight is 472 g/mol. The number of nitrogens with zero attached hydrogens (tertiary/aromatic N) is 10. The number of aryl methyl sites for hydroxylation is 1. The minimum atomic E-state index is -0.710. The van der Waals surface area contributed by atoms with Crippen LogP contribution in [-0.2, 0) is 0 Å². The van der Waals surface area contributed by atoms with Gasteiger partial charge in [0.05, 0.1) is 12.2 Å². The molecule has 0 spiro atoms. The van der Waals surface area contributed by atoms with Crippen molar-refractivity contribution in [3.8, 4) is 5.82 Å². The van der Waals surface area contributed by atoms with Crippen molar-refractivity contribution >= 4 is 18.2 Å². The SMILES string of the molecule is Cc1nnnn1-c1nc(N2CCN(C(=O)N3N=CCC3c3cc(F)cc(F)c3)CC2)ncc1F. The summed E-state index contributed by atoms with van der Waals surface area (Å²) >= 11 is 0. The summed E-state index contributed by atoms with van der Waals surface area (Å²) in [5.74, 6) is -1.50. The third kappa shape index (κ3) is 4.02. The summed E-state index contributed by atoms with van der Waals surface area (Å²) in [4.78, 5) is 24.9. The first-order valence-corrected chi connectivity index (χ1v) is 10.5. The Balaban J connectivity index is 1.28. The van der Waals surface area contributed by atoms with Gasteiger partial charge >= 0.3 is 6.03 Å². The van der Waals surface area contributed by atoms with E-state index in [-0.39, 0.29) is 17.8 Å². The van der Waals surface area contributed by atoms with Crippen molar-refractivity contribution < 1.29 is 18.0 Å². The first kappa shape index (κ1) is 21.7. The minimum absolute atomic E-state index is 0.0671. The molecule has 0 saturated carbocycles. The maximum atomic E-state index is 14.3. The highest BCUT2D eigenvalue weighted by Gasteiger charge is 2.34. The van der Waals surface area contributed by atoms with Gasteiger partial charge in [-0.1, -0.05) is 0 Å². The zero-order valence-corrected chi connectivity index (χ0v) is 18.0. The third-order valence-electron chi connectivity index (χ3n) is 5.67. The predicted molar refractivity (Wildman–Crippen MR) is 113 cm³/mol. The molecule has 3 aromatic rings. The lowest BCUT2D eigenvalue weighted by molar-refractivity contribution is 0.139. The maximum absolute atomic E-state index is 14.3. The highest BCUT2D eigenvalue weighted by molar-refractivity contribution is 5.78. The molecule has 11 nitrogen and oxygen atoms in total. The Morgan fingerprint density at radius 3 is 2.47 bits per heavy atom. The van der Waals surface area contributed by atoms with E-state index in [0.717, 1.165) is 12.3 Å². The van der Waals surface area contributed by atoms with E-state index in [2.05, 4.69) is 30.6 Å². The standard InChI is InChI=1S/C20H19F3N10O/c1-12-27-28-29-32(12)18-16(23)11-24-19(26-18)30-4-6-31(7-5-30)20(34)33-17(2-3-25-33)13-8-14(21)10-15(22)9-13/h3,8-11,17H,2,4-7H2,1H3. The largest absolute Gasteiger partial charge is 0.341 e. The number of carbonyl (C=O) groups is 1. The molecule has 2 aromatic heterocycles. The van der Waals surface area contributed by atoms with Crippen LogP contribution >= 0.6 is 0 Å². The molecule has 2 aliphatic heterocycles. The Bertz CT molecular complexity index is 1240. The summed E-state index contributed by atoms with van der Waals surface area (Å²) in [5.41, 5.74) is 0.340. The van der Waals surface area contributed by atoms with E-state index in [1.165, 1.54) is 21.8 Å². The Labute approximate surface area is 191 Å². The van der Waals surface area contributed by atoms with Gasteiger partial charge in [-0.3, -0.25) is 0 Å². The Kier molecular flexibility index (Phi) is 5.55. The van der Waals surface area contributed by atoms with Crippen LogP contribution in [0.15, 0.2) is 29.5 Å². The van der Waals surface area contributed by atoms with Crippen LogP contribution in [-0.4, -0.2) is 78.5 Å². The number of tetrazole rings is 1. The van der Waals surface area contributed by atoms with Crippen LogP contribution in [0.4, 0.5) is 23.9 Å². The zero-order valence-electron chi connectivity index (χ0n) is 18.0. The first-order valence-electron chi connectivity index (χ1n) is 10.5. The van der Waals surface area contributed by atoms with Crippen molar-refractivity contribution in [1.82, 2.24) is 40.1 Å². The maximum Gasteiger partial charge on any atom is 0.341 e. The zero-order chi connectivity index (χ0) is 23.8. The van der Waals surface area contributed by atoms with Gasteiger partial charge in [0.15, 0.2) is 17.5 Å². The number of hydrogen-bond donors (Lipinski definition) is 0. The van der Waals surface area contributed by atoms with Crippen molar-refractivity contribution in [2.45, 2.75) is 19.4 Å². The second-order valence-electron chi connectivity index (χ2n) is 7.83. The highest BCUT2D eigenvalue weighted by atomic mass is 19.1. The molecule has 14 heteroatoms. The van der Waals surface area contributed by atoms with Crippen LogP contribution in [0.1, 0.15) is 23.9 Å². The van der Waals surface area contributed by atoms with Crippen molar-refractivity contribution in [3.05, 3.63) is 53.2 Å². The second kappa shape index (κ2) is 8.68. The number of rotatable bonds is 3. The van der Waals surface area contributed by atoms with Crippen molar-refractivity contribution in [2.75, 3.05) is 31.1 Å². The van der Waals surface area contributed by atoms with E-state index in [0.29, 0.717) is 44.0 Å². The summed E-state index contributed by atoms with van der Waals surface area (Å²) in [6.45, 7) is 3.06. The minimum Gasteiger partial charge on any atom is -0.337 e. The fourth-order valence-corrected chi connectivity index (χ4v) is 3.96. The lowest BCUT2D eigenvalue weighted by Gasteiger charge is -2.37. The predicted octanol–water partition coefficient (Wildman–Crippen LogP) is 1.85. The van der Waals surface area contributed by atoms with Crippen LogP contribution in [0.3, 0.4) is 0 Å². The Hall–Kier alpha value is -4.10. The number of benzene rings is 1. The summed E-state index contributed by atoms with van der Waals surface area (Å²) in [6.07, 6.45) is 2.96. The van der Waals surface area contributed by atoms with E-state index in [4.69, 9.17) is 0 Å². The molecule has 1 atom stereocenters. The Morgan fingerprint density at radius 2 is 1.79 bits per heavy atom. The molecule has 5 rings (SSSR count). The molecular formula is C20H19F3N10O. The van der Waals surface area contributed by atoms with Gasteiger partial charge in [0, 0.05) is 44.9 Å². The molecule has 1 unspecified atom stereocenters. The first-order chi connectivity index (χ1) is 16.4. The fraction of sp³-hybridized carbons (Fsp3) is 0.350. The number of anilines is 1. The van der Waals surface area contributed by atoms with Gasteiger partial charge in [-0.05, 0) is 35.0 Å². The number of halogens is 3. The quantitative estimate of drug-likeness (QED) is 0.572. The lowest BCUT2D eigenvalue weighted by atomic mass is 10.0. The number of carbonyl (C=O) groups excluding carboxylic acids is 1. The van der Waals surface area contributed by atoms with E-state index in [9.17, 15) is 18.0 Å². The molecular weight excluding hydrogens is 453 g/mol. The van der Waals surface area contributed by atoms with E-state index >= 15 is 0 Å². The van der Waals surface area contributed by atoms with E-state index in [1.54, 1.807) is 18.0 Å². The van der Waals surface area contributed by atoms with Gasteiger partial charge in [0.25, 0.3) is 0 Å². The number of hydrogen-bond acceptors (Lipinski definition) is 8. The fourth-order valence-electron chi connectivity index (χ4n) is 3.96. The molecule has 0 bridgehead atoms. The van der Waals surface area contributed by atoms with Crippen molar-refractivity contribution in [3.63, 3.8) is 0 Å². The summed E-state index contributed by atoms with van der Waals surface area (Å²) in [5, 5.41) is 16.4. The number of hydrazone groups is 1. The van der Waals surface area contributed by atoms with Gasteiger partial charge < -0.3 is 9.80 Å². The molecule has 0 radical (unpaired) electrons. The van der Waals surface area contributed by atoms with Crippen LogP contribution in [0.5, 0.6) is 0 Å². The molecule has 1 fully saturated rings. The molecule has 176 valence electrons. The van der Waals surface area contributed by atoms with Crippen LogP contribution in [0.2, 0.25) is 0 Å². The van der Waals surface area contributed by atoms with Crippen LogP contribution in [0, 0.1) is 24.4 Å². The molecule has 1 saturated heterocycles. The number of amides is 2. The molecule has 34 heavy (non-hydrogen) atoms. The summed E-state index contributed by atoms with van der Waals surface area (Å²) in [7, 11) is 0. The number of aromatic nitrogens is 6. The van der Waals surface area contributed by atoms with E-state index in [1.807, 2.05) is 4.90 Å². The number of piperazine rings is 1. The van der Waals surface area contributed by atoms with Gasteiger partial charge in [-0.15, -0.1) is 5.10 Å². The third-order valence-corrected chi connectivity index (χ3v) is 5.67. The van der Waals surface area contributed by atoms with Crippen molar-refractivity contribution in [2.24, 2.45) is 5.10 Å². The van der Waals surface area contributed by atoms with Crippen molar-refractivity contribution in [1.29, 1.82) is 0 Å². The monoisotopic (exact) mass is 472 g/mol. The van der Waals surface area contributed by atoms with Gasteiger partial charge in [-0.25, -0.2) is 28.0 Å². The molecule has 1 aromatic carbocycles.